The predicted octanol–water partition coefficient (Wildman–Crippen LogP) is 1.10. The Morgan fingerprint density at radius 1 is 1.55 bits per heavy atom. The summed E-state index contributed by atoms with van der Waals surface area (Å²) in [6.07, 6.45) is 1.16. The molecule has 0 saturated heterocycles. The Balaban J connectivity index is 3.38. The summed E-state index contributed by atoms with van der Waals surface area (Å²) in [7, 11) is -3.53. The van der Waals surface area contributed by atoms with E-state index in [1.165, 1.54) is 0 Å². The minimum absolute atomic E-state index is 0.0766. The predicted molar refractivity (Wildman–Crippen MR) is 42.3 cm³/mol. The second kappa shape index (κ2) is 5.49. The molecule has 0 aliphatic carbocycles. The van der Waals surface area contributed by atoms with E-state index in [9.17, 15) is 4.57 Å². The molecule has 0 aliphatic heterocycles. The molecule has 2 N–H and O–H groups in total. The monoisotopic (exact) mass is 180 g/mol. The van der Waals surface area contributed by atoms with Gasteiger partial charge in [0.05, 0.1) is 6.61 Å². The third-order valence-electron chi connectivity index (χ3n) is 1.06. The van der Waals surface area contributed by atoms with Gasteiger partial charge in [0.2, 0.25) is 0 Å². The van der Waals surface area contributed by atoms with Gasteiger partial charge in [-0.2, -0.15) is 0 Å². The lowest BCUT2D eigenvalue weighted by atomic mass is 10.3. The van der Waals surface area contributed by atoms with E-state index in [1.807, 2.05) is 0 Å². The number of unbranched alkanes of at least 4 members (excludes halogenated alkanes) is 1. The fourth-order valence-corrected chi connectivity index (χ4v) is 0.958. The van der Waals surface area contributed by atoms with E-state index >= 15 is 0 Å². The van der Waals surface area contributed by atoms with Gasteiger partial charge in [-0.3, -0.25) is 4.57 Å². The van der Waals surface area contributed by atoms with Crippen molar-refractivity contribution in [1.29, 1.82) is 0 Å². The highest BCUT2D eigenvalue weighted by molar-refractivity contribution is 7.56. The molecule has 0 aromatic rings. The van der Waals surface area contributed by atoms with Crippen LogP contribution in [0.5, 0.6) is 0 Å². The Kier molecular flexibility index (Phi) is 5.42. The fraction of sp³-hybridized carbons (Fsp3) is 0.667. The molecule has 0 radical (unpaired) electrons. The van der Waals surface area contributed by atoms with Crippen LogP contribution in [-0.2, 0) is 9.09 Å². The second-order valence-electron chi connectivity index (χ2n) is 2.01. The van der Waals surface area contributed by atoms with Gasteiger partial charge in [0.1, 0.15) is 0 Å². The maximum absolute atomic E-state index is 10.7. The summed E-state index contributed by atoms with van der Waals surface area (Å²) < 4.78 is 15.3. The summed E-state index contributed by atoms with van der Waals surface area (Å²) in [5.41, 5.74) is 0. The summed E-state index contributed by atoms with van der Waals surface area (Å²) in [4.78, 5) is 8.78. The van der Waals surface area contributed by atoms with Gasteiger partial charge in [0, 0.05) is 12.4 Å². The topological polar surface area (TPSA) is 66.8 Å². The molecule has 0 aromatic carbocycles. The van der Waals surface area contributed by atoms with Gasteiger partial charge >= 0.3 is 7.60 Å². The molecule has 0 fully saturated rings. The van der Waals surface area contributed by atoms with Crippen LogP contribution in [0.4, 0.5) is 0 Å². The third-order valence-corrected chi connectivity index (χ3v) is 2.07. The van der Waals surface area contributed by atoms with Gasteiger partial charge in [-0.25, -0.2) is 0 Å². The smallest absolute Gasteiger partial charge is 0.351 e. The molecule has 0 aliphatic rings. The molecule has 11 heavy (non-hydrogen) atoms. The Hall–Kier alpha value is -0.150. The molecule has 66 valence electrons. The van der Waals surface area contributed by atoms with E-state index in [2.05, 4.69) is 11.1 Å². The second-order valence-corrected chi connectivity index (χ2v) is 3.76. The van der Waals surface area contributed by atoms with E-state index in [0.717, 1.165) is 5.82 Å². The highest BCUT2D eigenvalue weighted by Crippen LogP contribution is 2.42. The molecule has 0 amide bonds. The molecule has 0 rings (SSSR count). The number of aliphatic hydroxyl groups is 1. The highest BCUT2D eigenvalue weighted by Gasteiger charge is 2.11. The molecule has 4 nitrogen and oxygen atoms in total. The first kappa shape index (κ1) is 10.8. The number of rotatable bonds is 6. The zero-order valence-electron chi connectivity index (χ0n) is 6.27. The van der Waals surface area contributed by atoms with Crippen molar-refractivity contribution in [3.05, 3.63) is 12.4 Å². The molecule has 0 saturated carbocycles. The van der Waals surface area contributed by atoms with E-state index in [1.54, 1.807) is 0 Å². The van der Waals surface area contributed by atoms with Crippen LogP contribution in [0.1, 0.15) is 12.8 Å². The lowest BCUT2D eigenvalue weighted by molar-refractivity contribution is 0.236. The summed E-state index contributed by atoms with van der Waals surface area (Å²) in [5.74, 6) is 0.895. The Labute approximate surface area is 66.0 Å². The van der Waals surface area contributed by atoms with E-state index in [0.29, 0.717) is 12.8 Å². The van der Waals surface area contributed by atoms with Crippen molar-refractivity contribution in [2.75, 3.05) is 13.2 Å². The first-order valence-corrected chi connectivity index (χ1v) is 4.98. The van der Waals surface area contributed by atoms with Crippen molar-refractivity contribution in [2.24, 2.45) is 0 Å². The number of hydrogen-bond acceptors (Lipinski definition) is 3. The van der Waals surface area contributed by atoms with Crippen molar-refractivity contribution in [3.8, 4) is 0 Å². The molecule has 0 heterocycles. The standard InChI is InChI=1S/C6H13O4P/c1-2-11(8,9)10-6-4-3-5-7/h2,7H,1,3-6H2,(H,8,9). The van der Waals surface area contributed by atoms with Crippen LogP contribution in [0.2, 0.25) is 0 Å². The normalized spacial score (nSPS) is 15.8. The minimum atomic E-state index is -3.53. The zero-order chi connectivity index (χ0) is 8.74. The van der Waals surface area contributed by atoms with E-state index in [4.69, 9.17) is 10.00 Å². The average molecular weight is 180 g/mol. The molecular weight excluding hydrogens is 167 g/mol. The van der Waals surface area contributed by atoms with Crippen molar-refractivity contribution in [3.63, 3.8) is 0 Å². The van der Waals surface area contributed by atoms with Crippen molar-refractivity contribution >= 4 is 7.60 Å². The molecule has 1 unspecified atom stereocenters. The molecule has 5 heteroatoms. The largest absolute Gasteiger partial charge is 0.396 e. The Morgan fingerprint density at radius 3 is 2.64 bits per heavy atom. The van der Waals surface area contributed by atoms with Gasteiger partial charge in [0.15, 0.2) is 0 Å². The van der Waals surface area contributed by atoms with E-state index in [-0.39, 0.29) is 13.2 Å². The van der Waals surface area contributed by atoms with Crippen LogP contribution in [0, 0.1) is 0 Å². The molecule has 0 spiro atoms. The number of hydrogen-bond donors (Lipinski definition) is 2. The van der Waals surface area contributed by atoms with Gasteiger partial charge in [-0.15, -0.1) is 0 Å². The summed E-state index contributed by atoms with van der Waals surface area (Å²) >= 11 is 0. The van der Waals surface area contributed by atoms with E-state index < -0.39 is 7.60 Å². The first-order valence-electron chi connectivity index (χ1n) is 3.34. The lowest BCUT2D eigenvalue weighted by Crippen LogP contribution is -1.92. The maximum Gasteiger partial charge on any atom is 0.351 e. The molecule has 0 bridgehead atoms. The van der Waals surface area contributed by atoms with Crippen LogP contribution >= 0.6 is 7.60 Å². The quantitative estimate of drug-likeness (QED) is 0.474. The third kappa shape index (κ3) is 6.26. The Bertz CT molecular complexity index is 157. The molecule has 0 aromatic heterocycles. The van der Waals surface area contributed by atoms with Gasteiger partial charge in [-0.1, -0.05) is 6.58 Å². The minimum Gasteiger partial charge on any atom is -0.396 e. The lowest BCUT2D eigenvalue weighted by Gasteiger charge is -2.05. The maximum atomic E-state index is 10.7. The van der Waals surface area contributed by atoms with Crippen LogP contribution in [0.25, 0.3) is 0 Å². The van der Waals surface area contributed by atoms with Crippen LogP contribution < -0.4 is 0 Å². The molecular formula is C6H13O4P. The summed E-state index contributed by atoms with van der Waals surface area (Å²) in [6.45, 7) is 3.40. The Morgan fingerprint density at radius 2 is 2.18 bits per heavy atom. The van der Waals surface area contributed by atoms with Gasteiger partial charge in [-0.05, 0) is 12.8 Å². The SMILES string of the molecule is C=CP(=O)(O)OCCCCO. The van der Waals surface area contributed by atoms with Crippen molar-refractivity contribution < 1.29 is 19.1 Å². The first-order chi connectivity index (χ1) is 5.12. The van der Waals surface area contributed by atoms with Crippen LogP contribution in [0.15, 0.2) is 12.4 Å². The number of aliphatic hydroxyl groups excluding tert-OH is 1. The fourth-order valence-electron chi connectivity index (χ4n) is 0.462. The summed E-state index contributed by atoms with van der Waals surface area (Å²) in [5, 5.41) is 8.35. The van der Waals surface area contributed by atoms with Crippen molar-refractivity contribution in [1.82, 2.24) is 0 Å². The van der Waals surface area contributed by atoms with Crippen molar-refractivity contribution in [2.45, 2.75) is 12.8 Å². The van der Waals surface area contributed by atoms with Crippen LogP contribution in [0.3, 0.4) is 0 Å². The average Bonchev–Trinajstić information content (AvgIpc) is 1.99. The van der Waals surface area contributed by atoms with Gasteiger partial charge < -0.3 is 14.5 Å². The van der Waals surface area contributed by atoms with Crippen LogP contribution in [-0.4, -0.2) is 23.2 Å². The van der Waals surface area contributed by atoms with Gasteiger partial charge in [0.25, 0.3) is 0 Å². The summed E-state index contributed by atoms with van der Waals surface area (Å²) in [6, 6.07) is 0. The zero-order valence-corrected chi connectivity index (χ0v) is 7.17. The highest BCUT2D eigenvalue weighted by atomic mass is 31.2. The molecule has 1 atom stereocenters.